The zero-order valence-electron chi connectivity index (χ0n) is 13.3. The van der Waals surface area contributed by atoms with Crippen molar-refractivity contribution in [3.8, 4) is 5.75 Å². The number of benzene rings is 2. The quantitative estimate of drug-likeness (QED) is 0.881. The normalized spacial score (nSPS) is 11.6. The van der Waals surface area contributed by atoms with Crippen LogP contribution in [0.5, 0.6) is 5.75 Å². The number of amides is 1. The monoisotopic (exact) mass is 313 g/mol. The lowest BCUT2D eigenvalue weighted by molar-refractivity contribution is -0.138. The third-order valence-electron chi connectivity index (χ3n) is 3.44. The molecule has 0 aromatic heterocycles. The Balaban J connectivity index is 2.28. The highest BCUT2D eigenvalue weighted by Gasteiger charge is 2.27. The summed E-state index contributed by atoms with van der Waals surface area (Å²) < 4.78 is 5.40. The summed E-state index contributed by atoms with van der Waals surface area (Å²) in [7, 11) is 3.20. The third kappa shape index (κ3) is 3.88. The van der Waals surface area contributed by atoms with Gasteiger partial charge < -0.3 is 14.7 Å². The molecule has 0 fully saturated rings. The van der Waals surface area contributed by atoms with Crippen LogP contribution < -0.4 is 0 Å². The first kappa shape index (κ1) is 16.5. The Hall–Kier alpha value is -2.82. The van der Waals surface area contributed by atoms with E-state index in [4.69, 9.17) is 4.74 Å². The SMILES string of the molecule is Cc1ccc(C(=O)O[C@@H](C(=O)N(C)C)c2ccccc2)cc1O. The van der Waals surface area contributed by atoms with Crippen LogP contribution in [0.3, 0.4) is 0 Å². The lowest BCUT2D eigenvalue weighted by atomic mass is 10.1. The minimum absolute atomic E-state index is 0.00893. The summed E-state index contributed by atoms with van der Waals surface area (Å²) in [6.45, 7) is 1.73. The van der Waals surface area contributed by atoms with Gasteiger partial charge in [-0.05, 0) is 24.6 Å². The highest BCUT2D eigenvalue weighted by atomic mass is 16.5. The summed E-state index contributed by atoms with van der Waals surface area (Å²) in [5.41, 5.74) is 1.45. The summed E-state index contributed by atoms with van der Waals surface area (Å²) in [4.78, 5) is 26.0. The summed E-state index contributed by atoms with van der Waals surface area (Å²) in [5, 5.41) is 9.71. The van der Waals surface area contributed by atoms with Crippen LogP contribution in [0.25, 0.3) is 0 Å². The van der Waals surface area contributed by atoms with Gasteiger partial charge in [-0.3, -0.25) is 4.79 Å². The zero-order chi connectivity index (χ0) is 17.0. The molecule has 0 saturated carbocycles. The molecule has 1 N–H and O–H groups in total. The molecule has 0 aliphatic heterocycles. The van der Waals surface area contributed by atoms with E-state index in [1.807, 2.05) is 6.07 Å². The van der Waals surface area contributed by atoms with Crippen molar-refractivity contribution < 1.29 is 19.4 Å². The molecule has 2 aromatic rings. The van der Waals surface area contributed by atoms with Crippen LogP contribution in [0.4, 0.5) is 0 Å². The fourth-order valence-corrected chi connectivity index (χ4v) is 2.03. The van der Waals surface area contributed by atoms with Crippen LogP contribution in [0.1, 0.15) is 27.6 Å². The molecule has 0 bridgehead atoms. The van der Waals surface area contributed by atoms with Gasteiger partial charge in [0.1, 0.15) is 5.75 Å². The molecule has 0 aliphatic carbocycles. The maximum Gasteiger partial charge on any atom is 0.339 e. The molecule has 5 heteroatoms. The second-order valence-corrected chi connectivity index (χ2v) is 5.43. The van der Waals surface area contributed by atoms with Crippen LogP contribution in [-0.4, -0.2) is 36.0 Å². The van der Waals surface area contributed by atoms with E-state index in [0.717, 1.165) is 0 Å². The van der Waals surface area contributed by atoms with Gasteiger partial charge in [0.25, 0.3) is 5.91 Å². The number of rotatable bonds is 4. The first-order valence-electron chi connectivity index (χ1n) is 7.17. The summed E-state index contributed by atoms with van der Waals surface area (Å²) in [6, 6.07) is 13.3. The minimum Gasteiger partial charge on any atom is -0.508 e. The Labute approximate surface area is 135 Å². The van der Waals surface area contributed by atoms with E-state index in [2.05, 4.69) is 0 Å². The van der Waals surface area contributed by atoms with Crippen molar-refractivity contribution >= 4 is 11.9 Å². The topological polar surface area (TPSA) is 66.8 Å². The molecule has 2 aromatic carbocycles. The molecule has 2 rings (SSSR count). The van der Waals surface area contributed by atoms with Crippen LogP contribution in [0.15, 0.2) is 48.5 Å². The molecule has 1 amide bonds. The number of hydrogen-bond acceptors (Lipinski definition) is 4. The second-order valence-electron chi connectivity index (χ2n) is 5.43. The van der Waals surface area contributed by atoms with Crippen LogP contribution in [0.2, 0.25) is 0 Å². The van der Waals surface area contributed by atoms with Gasteiger partial charge in [-0.2, -0.15) is 0 Å². The van der Waals surface area contributed by atoms with E-state index in [-0.39, 0.29) is 17.2 Å². The molecule has 0 unspecified atom stereocenters. The number of phenolic OH excluding ortho intramolecular Hbond substituents is 1. The number of aromatic hydroxyl groups is 1. The van der Waals surface area contributed by atoms with Crippen molar-refractivity contribution in [3.63, 3.8) is 0 Å². The van der Waals surface area contributed by atoms with Gasteiger partial charge in [0.2, 0.25) is 6.10 Å². The maximum atomic E-state index is 12.3. The Morgan fingerprint density at radius 2 is 1.74 bits per heavy atom. The molecule has 0 saturated heterocycles. The van der Waals surface area contributed by atoms with Crippen molar-refractivity contribution in [2.24, 2.45) is 0 Å². The molecule has 0 radical (unpaired) electrons. The Kier molecular flexibility index (Phi) is 5.01. The lowest BCUT2D eigenvalue weighted by Crippen LogP contribution is -2.31. The Morgan fingerprint density at radius 3 is 2.30 bits per heavy atom. The van der Waals surface area contributed by atoms with Crippen molar-refractivity contribution in [1.29, 1.82) is 0 Å². The van der Waals surface area contributed by atoms with E-state index in [9.17, 15) is 14.7 Å². The van der Waals surface area contributed by atoms with Crippen molar-refractivity contribution in [2.45, 2.75) is 13.0 Å². The van der Waals surface area contributed by atoms with Crippen molar-refractivity contribution in [3.05, 3.63) is 65.2 Å². The van der Waals surface area contributed by atoms with Gasteiger partial charge in [0.05, 0.1) is 5.56 Å². The second kappa shape index (κ2) is 6.96. The standard InChI is InChI=1S/C18H19NO4/c1-12-9-10-14(11-15(12)20)18(22)23-16(17(21)19(2)3)13-7-5-4-6-8-13/h4-11,16,20H,1-3H3/t16-/m1/s1. The molecular weight excluding hydrogens is 294 g/mol. The van der Waals surface area contributed by atoms with Crippen molar-refractivity contribution in [1.82, 2.24) is 4.90 Å². The van der Waals surface area contributed by atoms with Gasteiger partial charge in [-0.15, -0.1) is 0 Å². The van der Waals surface area contributed by atoms with Crippen LogP contribution in [0, 0.1) is 6.92 Å². The first-order chi connectivity index (χ1) is 10.9. The third-order valence-corrected chi connectivity index (χ3v) is 3.44. The van der Waals surface area contributed by atoms with Gasteiger partial charge in [-0.25, -0.2) is 4.79 Å². The smallest absolute Gasteiger partial charge is 0.339 e. The molecule has 0 aliphatic rings. The zero-order valence-corrected chi connectivity index (χ0v) is 13.3. The molecule has 23 heavy (non-hydrogen) atoms. The summed E-state index contributed by atoms with van der Waals surface area (Å²) in [5.74, 6) is -0.986. The lowest BCUT2D eigenvalue weighted by Gasteiger charge is -2.21. The molecule has 0 heterocycles. The average molecular weight is 313 g/mol. The van der Waals surface area contributed by atoms with E-state index in [0.29, 0.717) is 11.1 Å². The summed E-state index contributed by atoms with van der Waals surface area (Å²) in [6.07, 6.45) is -1.03. The number of nitrogens with zero attached hydrogens (tertiary/aromatic N) is 1. The molecular formula is C18H19NO4. The van der Waals surface area contributed by atoms with Crippen LogP contribution in [-0.2, 0) is 9.53 Å². The molecule has 120 valence electrons. The van der Waals surface area contributed by atoms with Gasteiger partial charge in [0, 0.05) is 19.7 Å². The Morgan fingerprint density at radius 1 is 1.09 bits per heavy atom. The minimum atomic E-state index is -1.03. The highest BCUT2D eigenvalue weighted by molar-refractivity contribution is 5.93. The predicted octanol–water partition coefficient (Wildman–Crippen LogP) is 2.69. The fourth-order valence-electron chi connectivity index (χ4n) is 2.03. The average Bonchev–Trinajstić information content (AvgIpc) is 2.55. The number of ether oxygens (including phenoxy) is 1. The van der Waals surface area contributed by atoms with Crippen molar-refractivity contribution in [2.75, 3.05) is 14.1 Å². The largest absolute Gasteiger partial charge is 0.508 e. The van der Waals surface area contributed by atoms with E-state index in [1.165, 1.54) is 11.0 Å². The van der Waals surface area contributed by atoms with Gasteiger partial charge >= 0.3 is 5.97 Å². The fraction of sp³-hybridized carbons (Fsp3) is 0.222. The first-order valence-corrected chi connectivity index (χ1v) is 7.17. The Bertz CT molecular complexity index is 710. The van der Waals surface area contributed by atoms with E-state index in [1.54, 1.807) is 57.4 Å². The number of esters is 1. The summed E-state index contributed by atoms with van der Waals surface area (Å²) >= 11 is 0. The number of hydrogen-bond donors (Lipinski definition) is 1. The van der Waals surface area contributed by atoms with Crippen LogP contribution >= 0.6 is 0 Å². The molecule has 0 spiro atoms. The predicted molar refractivity (Wildman–Crippen MR) is 86.1 cm³/mol. The van der Waals surface area contributed by atoms with Gasteiger partial charge in [-0.1, -0.05) is 36.4 Å². The number of likely N-dealkylation sites (N-methyl/N-ethyl adjacent to an activating group) is 1. The van der Waals surface area contributed by atoms with Gasteiger partial charge in [0.15, 0.2) is 0 Å². The number of carbonyl (C=O) groups is 2. The number of phenols is 1. The van der Waals surface area contributed by atoms with E-state index >= 15 is 0 Å². The highest BCUT2D eigenvalue weighted by Crippen LogP contribution is 2.23. The number of carbonyl (C=O) groups excluding carboxylic acids is 2. The molecule has 1 atom stereocenters. The molecule has 5 nitrogen and oxygen atoms in total. The van der Waals surface area contributed by atoms with E-state index < -0.39 is 12.1 Å². The maximum absolute atomic E-state index is 12.3. The number of aryl methyl sites for hydroxylation is 1.